The van der Waals surface area contributed by atoms with E-state index in [-0.39, 0.29) is 16.3 Å². The Morgan fingerprint density at radius 1 is 0.906 bits per heavy atom. The molecular weight excluding hydrogens is 456 g/mol. The summed E-state index contributed by atoms with van der Waals surface area (Å²) in [6.45, 7) is 3.74. The van der Waals surface area contributed by atoms with E-state index in [2.05, 4.69) is 4.72 Å². The van der Waals surface area contributed by atoms with Gasteiger partial charge < -0.3 is 14.2 Å². The van der Waals surface area contributed by atoms with E-state index in [0.29, 0.717) is 47.0 Å². The van der Waals surface area contributed by atoms with E-state index in [9.17, 15) is 16.8 Å². The minimum absolute atomic E-state index is 0.0573. The summed E-state index contributed by atoms with van der Waals surface area (Å²) in [4.78, 5) is 0.0573. The van der Waals surface area contributed by atoms with Gasteiger partial charge in [-0.1, -0.05) is 0 Å². The average Bonchev–Trinajstić information content (AvgIpc) is 2.73. The van der Waals surface area contributed by atoms with E-state index >= 15 is 0 Å². The Labute approximate surface area is 189 Å². The minimum Gasteiger partial charge on any atom is -0.493 e. The van der Waals surface area contributed by atoms with Crippen molar-refractivity contribution < 1.29 is 31.0 Å². The number of nitrogens with one attached hydrogen (secondary N) is 1. The topological polar surface area (TPSA) is 111 Å². The molecule has 1 heterocycles. The normalized spacial score (nSPS) is 15.8. The van der Waals surface area contributed by atoms with Gasteiger partial charge >= 0.3 is 0 Å². The van der Waals surface area contributed by atoms with Gasteiger partial charge in [0.15, 0.2) is 11.5 Å². The fourth-order valence-corrected chi connectivity index (χ4v) is 6.79. The van der Waals surface area contributed by atoms with Crippen LogP contribution < -0.4 is 23.2 Å². The number of methoxy groups -OCH3 is 3. The summed E-state index contributed by atoms with van der Waals surface area (Å²) in [6, 6.07) is 6.10. The Balaban J connectivity index is 2.00. The number of nitrogens with zero attached hydrogens (tertiary/aromatic N) is 1. The zero-order valence-electron chi connectivity index (χ0n) is 18.8. The van der Waals surface area contributed by atoms with Crippen molar-refractivity contribution >= 4 is 31.4 Å². The lowest BCUT2D eigenvalue weighted by Crippen LogP contribution is -2.38. The minimum atomic E-state index is -3.98. The third kappa shape index (κ3) is 4.58. The van der Waals surface area contributed by atoms with Crippen molar-refractivity contribution in [3.05, 3.63) is 35.4 Å². The summed E-state index contributed by atoms with van der Waals surface area (Å²) in [7, 11) is -3.05. The molecule has 0 unspecified atom stereocenters. The van der Waals surface area contributed by atoms with Crippen molar-refractivity contribution in [2.45, 2.75) is 31.6 Å². The second-order valence-corrected chi connectivity index (χ2v) is 11.2. The van der Waals surface area contributed by atoms with Crippen molar-refractivity contribution in [2.75, 3.05) is 42.7 Å². The zero-order valence-corrected chi connectivity index (χ0v) is 20.4. The van der Waals surface area contributed by atoms with Crippen LogP contribution in [0.5, 0.6) is 17.2 Å². The van der Waals surface area contributed by atoms with E-state index in [1.54, 1.807) is 19.9 Å². The van der Waals surface area contributed by atoms with Crippen molar-refractivity contribution in [3.63, 3.8) is 0 Å². The summed E-state index contributed by atoms with van der Waals surface area (Å²) < 4.78 is 71.1. The van der Waals surface area contributed by atoms with E-state index in [1.165, 1.54) is 43.8 Å². The van der Waals surface area contributed by atoms with E-state index in [0.717, 1.165) is 6.42 Å². The van der Waals surface area contributed by atoms with Crippen LogP contribution in [0.2, 0.25) is 0 Å². The van der Waals surface area contributed by atoms with Crippen molar-refractivity contribution in [2.24, 2.45) is 0 Å². The van der Waals surface area contributed by atoms with Gasteiger partial charge in [-0.15, -0.1) is 0 Å². The molecule has 2 aromatic carbocycles. The maximum Gasteiger partial charge on any atom is 0.262 e. The smallest absolute Gasteiger partial charge is 0.262 e. The van der Waals surface area contributed by atoms with Crippen molar-refractivity contribution in [3.8, 4) is 17.2 Å². The van der Waals surface area contributed by atoms with Gasteiger partial charge in [-0.2, -0.15) is 0 Å². The molecule has 1 N–H and O–H groups in total. The first-order chi connectivity index (χ1) is 15.0. The van der Waals surface area contributed by atoms with E-state index in [1.807, 2.05) is 0 Å². The fourth-order valence-electron chi connectivity index (χ4n) is 3.74. The first-order valence-electron chi connectivity index (χ1n) is 9.98. The molecule has 9 nitrogen and oxygen atoms in total. The van der Waals surface area contributed by atoms with Gasteiger partial charge in [0.25, 0.3) is 10.0 Å². The van der Waals surface area contributed by atoms with Gasteiger partial charge in [0, 0.05) is 18.7 Å². The molecule has 1 aliphatic rings. The first kappa shape index (κ1) is 24.0. The first-order valence-corrected chi connectivity index (χ1v) is 13.1. The van der Waals surface area contributed by atoms with Crippen LogP contribution in [0.3, 0.4) is 0 Å². The summed E-state index contributed by atoms with van der Waals surface area (Å²) in [5, 5.41) is 0. The predicted molar refractivity (Wildman–Crippen MR) is 123 cm³/mol. The predicted octanol–water partition coefficient (Wildman–Crippen LogP) is 3.06. The molecule has 3 rings (SSSR count). The quantitative estimate of drug-likeness (QED) is 0.643. The molecule has 0 bridgehead atoms. The number of hydrogen-bond donors (Lipinski definition) is 1. The van der Waals surface area contributed by atoms with Gasteiger partial charge in [-0.25, -0.2) is 16.8 Å². The molecule has 0 amide bonds. The molecule has 0 atom stereocenters. The third-order valence-electron chi connectivity index (χ3n) is 5.32. The number of rotatable bonds is 7. The lowest BCUT2D eigenvalue weighted by molar-refractivity contribution is 0.325. The number of benzene rings is 2. The number of sulfonamides is 2. The summed E-state index contributed by atoms with van der Waals surface area (Å²) in [5.41, 5.74) is 1.74. The number of aryl methyl sites for hydroxylation is 2. The van der Waals surface area contributed by atoms with Crippen LogP contribution in [0.25, 0.3) is 0 Å². The molecule has 11 heteroatoms. The van der Waals surface area contributed by atoms with Gasteiger partial charge in [0.1, 0.15) is 0 Å². The maximum absolute atomic E-state index is 13.2. The Kier molecular flexibility index (Phi) is 6.80. The van der Waals surface area contributed by atoms with Crippen LogP contribution in [-0.4, -0.2) is 50.5 Å². The molecule has 176 valence electrons. The van der Waals surface area contributed by atoms with E-state index < -0.39 is 20.0 Å². The van der Waals surface area contributed by atoms with Crippen molar-refractivity contribution in [1.82, 2.24) is 0 Å². The fraction of sp³-hybridized carbons (Fsp3) is 0.429. The highest BCUT2D eigenvalue weighted by atomic mass is 32.2. The molecule has 0 spiro atoms. The van der Waals surface area contributed by atoms with Crippen LogP contribution in [0.4, 0.5) is 11.4 Å². The standard InChI is InChI=1S/C21H28N2O7S2/c1-14-11-20(15(2)10-17(14)23-8-6-7-9-31(23,24)25)32(26,27)22-16-12-18(28-3)21(30-5)19(13-16)29-4/h10-13,22H,6-9H2,1-5H3. The second kappa shape index (κ2) is 9.07. The molecular formula is C21H28N2O7S2. The number of anilines is 2. The summed E-state index contributed by atoms with van der Waals surface area (Å²) in [5.74, 6) is 1.05. The third-order valence-corrected chi connectivity index (χ3v) is 8.70. The monoisotopic (exact) mass is 484 g/mol. The lowest BCUT2D eigenvalue weighted by atomic mass is 10.1. The highest BCUT2D eigenvalue weighted by Gasteiger charge is 2.29. The molecule has 1 fully saturated rings. The Morgan fingerprint density at radius 3 is 2.06 bits per heavy atom. The van der Waals surface area contributed by atoms with Gasteiger partial charge in [0.05, 0.1) is 43.4 Å². The molecule has 0 radical (unpaired) electrons. The van der Waals surface area contributed by atoms with E-state index in [4.69, 9.17) is 14.2 Å². The maximum atomic E-state index is 13.2. The van der Waals surface area contributed by atoms with Gasteiger partial charge in [0.2, 0.25) is 15.8 Å². The van der Waals surface area contributed by atoms with Crippen molar-refractivity contribution in [1.29, 1.82) is 0 Å². The summed E-state index contributed by atoms with van der Waals surface area (Å²) in [6.07, 6.45) is 1.39. The zero-order chi connectivity index (χ0) is 23.7. The van der Waals surface area contributed by atoms with Crippen LogP contribution in [0.1, 0.15) is 24.0 Å². The van der Waals surface area contributed by atoms with Crippen LogP contribution in [0, 0.1) is 13.8 Å². The SMILES string of the molecule is COc1cc(NS(=O)(=O)c2cc(C)c(N3CCCCS3(=O)=O)cc2C)cc(OC)c1OC. The Bertz CT molecular complexity index is 1200. The molecule has 2 aromatic rings. The van der Waals surface area contributed by atoms with Gasteiger partial charge in [-0.05, 0) is 49.9 Å². The molecule has 1 saturated heterocycles. The summed E-state index contributed by atoms with van der Waals surface area (Å²) >= 11 is 0. The Morgan fingerprint density at radius 2 is 1.53 bits per heavy atom. The lowest BCUT2D eigenvalue weighted by Gasteiger charge is -2.30. The second-order valence-electron chi connectivity index (χ2n) is 7.52. The Hall–Kier alpha value is -2.66. The highest BCUT2D eigenvalue weighted by molar-refractivity contribution is 7.93. The average molecular weight is 485 g/mol. The molecule has 32 heavy (non-hydrogen) atoms. The molecule has 0 saturated carbocycles. The largest absolute Gasteiger partial charge is 0.493 e. The van der Waals surface area contributed by atoms with Crippen LogP contribution >= 0.6 is 0 Å². The van der Waals surface area contributed by atoms with Crippen LogP contribution in [-0.2, 0) is 20.0 Å². The number of ether oxygens (including phenoxy) is 3. The van der Waals surface area contributed by atoms with Crippen LogP contribution in [0.15, 0.2) is 29.2 Å². The van der Waals surface area contributed by atoms with Gasteiger partial charge in [-0.3, -0.25) is 9.03 Å². The molecule has 0 aliphatic carbocycles. The molecule has 1 aliphatic heterocycles. The highest BCUT2D eigenvalue weighted by Crippen LogP contribution is 2.40. The number of hydrogen-bond acceptors (Lipinski definition) is 7. The molecule has 0 aromatic heterocycles.